The maximum atomic E-state index is 12.1. The van der Waals surface area contributed by atoms with Crippen LogP contribution in [-0.2, 0) is 4.79 Å². The first-order valence-corrected chi connectivity index (χ1v) is 8.17. The number of carbonyl (C=O) groups excluding carboxylic acids is 1. The van der Waals surface area contributed by atoms with Crippen molar-refractivity contribution in [1.82, 2.24) is 15.3 Å². The van der Waals surface area contributed by atoms with Gasteiger partial charge in [-0.05, 0) is 48.9 Å². The van der Waals surface area contributed by atoms with Crippen LogP contribution in [0, 0.1) is 0 Å². The summed E-state index contributed by atoms with van der Waals surface area (Å²) in [6.45, 7) is 1.87. The van der Waals surface area contributed by atoms with E-state index in [0.29, 0.717) is 21.4 Å². The van der Waals surface area contributed by atoms with E-state index in [1.807, 2.05) is 31.2 Å². The molecule has 0 aliphatic heterocycles. The van der Waals surface area contributed by atoms with Gasteiger partial charge in [-0.2, -0.15) is 0 Å². The van der Waals surface area contributed by atoms with Crippen LogP contribution in [0.25, 0.3) is 17.1 Å². The monoisotopic (exact) mass is 359 g/mol. The Morgan fingerprint density at radius 2 is 2.04 bits per heavy atom. The summed E-state index contributed by atoms with van der Waals surface area (Å²) >= 11 is 12.0. The third-order valence-corrected chi connectivity index (χ3v) is 4.13. The van der Waals surface area contributed by atoms with Gasteiger partial charge in [-0.3, -0.25) is 4.79 Å². The van der Waals surface area contributed by atoms with Crippen LogP contribution < -0.4 is 5.32 Å². The smallest absolute Gasteiger partial charge is 0.244 e. The Hall–Kier alpha value is -2.30. The van der Waals surface area contributed by atoms with Crippen molar-refractivity contribution in [1.29, 1.82) is 0 Å². The van der Waals surface area contributed by atoms with Gasteiger partial charge in [0.15, 0.2) is 0 Å². The first-order chi connectivity index (χ1) is 11.5. The first-order valence-electron chi connectivity index (χ1n) is 7.41. The number of imidazole rings is 1. The summed E-state index contributed by atoms with van der Waals surface area (Å²) in [6.07, 6.45) is 3.06. The normalized spacial score (nSPS) is 12.6. The summed E-state index contributed by atoms with van der Waals surface area (Å²) in [6, 6.07) is 12.6. The molecule has 122 valence electrons. The number of nitrogens with zero attached hydrogens (tertiary/aromatic N) is 1. The van der Waals surface area contributed by atoms with Crippen molar-refractivity contribution in [3.8, 4) is 0 Å². The summed E-state index contributed by atoms with van der Waals surface area (Å²) in [5.41, 5.74) is 2.50. The summed E-state index contributed by atoms with van der Waals surface area (Å²) in [5, 5.41) is 3.97. The first kappa shape index (κ1) is 16.6. The van der Waals surface area contributed by atoms with Gasteiger partial charge < -0.3 is 10.3 Å². The van der Waals surface area contributed by atoms with Crippen LogP contribution in [0.3, 0.4) is 0 Å². The highest BCUT2D eigenvalue weighted by Crippen LogP contribution is 2.22. The Bertz CT molecular complexity index is 885. The van der Waals surface area contributed by atoms with E-state index < -0.39 is 0 Å². The van der Waals surface area contributed by atoms with Gasteiger partial charge >= 0.3 is 0 Å². The number of hydrogen-bond donors (Lipinski definition) is 2. The fourth-order valence-electron chi connectivity index (χ4n) is 2.32. The van der Waals surface area contributed by atoms with Crippen molar-refractivity contribution < 1.29 is 4.79 Å². The molecule has 2 N–H and O–H groups in total. The molecule has 6 heteroatoms. The zero-order valence-electron chi connectivity index (χ0n) is 12.9. The fourth-order valence-corrected chi connectivity index (χ4v) is 2.68. The number of benzene rings is 2. The van der Waals surface area contributed by atoms with E-state index >= 15 is 0 Å². The summed E-state index contributed by atoms with van der Waals surface area (Å²) < 4.78 is 0. The third kappa shape index (κ3) is 3.78. The number of amides is 1. The second kappa shape index (κ2) is 7.07. The molecule has 2 aromatic carbocycles. The largest absolute Gasteiger partial charge is 0.343 e. The van der Waals surface area contributed by atoms with Gasteiger partial charge in [-0.25, -0.2) is 4.98 Å². The minimum Gasteiger partial charge on any atom is -0.343 e. The molecule has 24 heavy (non-hydrogen) atoms. The van der Waals surface area contributed by atoms with Crippen molar-refractivity contribution in [2.75, 3.05) is 0 Å². The minimum absolute atomic E-state index is 0.237. The number of H-pyrrole nitrogens is 1. The van der Waals surface area contributed by atoms with Gasteiger partial charge in [0.1, 0.15) is 5.82 Å². The van der Waals surface area contributed by atoms with Crippen LogP contribution in [-0.4, -0.2) is 15.9 Å². The van der Waals surface area contributed by atoms with Crippen LogP contribution in [0.5, 0.6) is 0 Å². The summed E-state index contributed by atoms with van der Waals surface area (Å²) in [4.78, 5) is 19.8. The average molecular weight is 360 g/mol. The Morgan fingerprint density at radius 3 is 2.83 bits per heavy atom. The van der Waals surface area contributed by atoms with Crippen molar-refractivity contribution >= 4 is 46.2 Å². The minimum atomic E-state index is -0.246. The van der Waals surface area contributed by atoms with E-state index in [2.05, 4.69) is 15.3 Å². The number of rotatable bonds is 4. The lowest BCUT2D eigenvalue weighted by atomic mass is 10.2. The molecule has 3 rings (SSSR count). The summed E-state index contributed by atoms with van der Waals surface area (Å²) in [5.74, 6) is 0.470. The SMILES string of the molecule is CC(NC(=O)/C=C/c1cc(Cl)ccc1Cl)c1nc2ccccc2[nH]1. The molecule has 0 bridgehead atoms. The highest BCUT2D eigenvalue weighted by atomic mass is 35.5. The molecule has 0 saturated heterocycles. The Labute approximate surface area is 149 Å². The van der Waals surface area contributed by atoms with Crippen LogP contribution in [0.2, 0.25) is 10.0 Å². The molecule has 3 aromatic rings. The molecule has 0 radical (unpaired) electrons. The lowest BCUT2D eigenvalue weighted by Gasteiger charge is -2.09. The average Bonchev–Trinajstić information content (AvgIpc) is 3.00. The van der Waals surface area contributed by atoms with E-state index in [4.69, 9.17) is 23.2 Å². The fraction of sp³-hybridized carbons (Fsp3) is 0.111. The van der Waals surface area contributed by atoms with E-state index in [1.54, 1.807) is 24.3 Å². The number of fused-ring (bicyclic) bond motifs is 1. The molecule has 0 fully saturated rings. The predicted octanol–water partition coefficient (Wildman–Crippen LogP) is 4.76. The number of carbonyl (C=O) groups is 1. The van der Waals surface area contributed by atoms with Gasteiger partial charge in [-0.1, -0.05) is 35.3 Å². The van der Waals surface area contributed by atoms with E-state index in [-0.39, 0.29) is 11.9 Å². The molecular formula is C18H15Cl2N3O. The lowest BCUT2D eigenvalue weighted by Crippen LogP contribution is -2.25. The maximum absolute atomic E-state index is 12.1. The second-order valence-corrected chi connectivity index (χ2v) is 6.21. The molecule has 0 aliphatic rings. The molecule has 4 nitrogen and oxygen atoms in total. The predicted molar refractivity (Wildman–Crippen MR) is 98.1 cm³/mol. The van der Waals surface area contributed by atoms with Crippen LogP contribution in [0.15, 0.2) is 48.5 Å². The third-order valence-electron chi connectivity index (χ3n) is 3.55. The van der Waals surface area contributed by atoms with Gasteiger partial charge in [0.25, 0.3) is 0 Å². The zero-order valence-corrected chi connectivity index (χ0v) is 14.4. The van der Waals surface area contributed by atoms with Gasteiger partial charge in [-0.15, -0.1) is 0 Å². The van der Waals surface area contributed by atoms with Gasteiger partial charge in [0.2, 0.25) is 5.91 Å². The topological polar surface area (TPSA) is 57.8 Å². The molecule has 1 atom stereocenters. The van der Waals surface area contributed by atoms with Crippen LogP contribution >= 0.6 is 23.2 Å². The number of aromatic amines is 1. The molecule has 0 spiro atoms. The number of para-hydroxylation sites is 2. The van der Waals surface area contributed by atoms with Crippen LogP contribution in [0.1, 0.15) is 24.4 Å². The number of hydrogen-bond acceptors (Lipinski definition) is 2. The zero-order chi connectivity index (χ0) is 17.1. The van der Waals surface area contributed by atoms with Crippen molar-refractivity contribution in [2.24, 2.45) is 0 Å². The quantitative estimate of drug-likeness (QED) is 0.659. The molecule has 0 saturated carbocycles. The van der Waals surface area contributed by atoms with Crippen molar-refractivity contribution in [3.63, 3.8) is 0 Å². The Morgan fingerprint density at radius 1 is 1.25 bits per heavy atom. The van der Waals surface area contributed by atoms with E-state index in [9.17, 15) is 4.79 Å². The number of nitrogens with one attached hydrogen (secondary N) is 2. The standard InChI is InChI=1S/C18H15Cl2N3O/c1-11(18-22-15-4-2-3-5-16(15)23-18)21-17(24)9-6-12-10-13(19)7-8-14(12)20/h2-11H,1H3,(H,21,24)(H,22,23)/b9-6+. The van der Waals surface area contributed by atoms with E-state index in [0.717, 1.165) is 11.0 Å². The lowest BCUT2D eigenvalue weighted by molar-refractivity contribution is -0.117. The van der Waals surface area contributed by atoms with E-state index in [1.165, 1.54) is 6.08 Å². The highest BCUT2D eigenvalue weighted by molar-refractivity contribution is 6.34. The Balaban J connectivity index is 1.69. The Kier molecular flexibility index (Phi) is 4.88. The molecular weight excluding hydrogens is 345 g/mol. The highest BCUT2D eigenvalue weighted by Gasteiger charge is 2.12. The number of halogens is 2. The number of aromatic nitrogens is 2. The van der Waals surface area contributed by atoms with Crippen molar-refractivity contribution in [2.45, 2.75) is 13.0 Å². The molecule has 1 heterocycles. The summed E-state index contributed by atoms with van der Waals surface area (Å²) in [7, 11) is 0. The molecule has 1 unspecified atom stereocenters. The van der Waals surface area contributed by atoms with Gasteiger partial charge in [0.05, 0.1) is 17.1 Å². The maximum Gasteiger partial charge on any atom is 0.244 e. The molecule has 1 aromatic heterocycles. The molecule has 0 aliphatic carbocycles. The second-order valence-electron chi connectivity index (χ2n) is 5.37. The van der Waals surface area contributed by atoms with Crippen molar-refractivity contribution in [3.05, 3.63) is 70.0 Å². The molecule has 1 amide bonds. The van der Waals surface area contributed by atoms with Gasteiger partial charge in [0, 0.05) is 16.1 Å². The van der Waals surface area contributed by atoms with Crippen LogP contribution in [0.4, 0.5) is 0 Å².